The molecule has 4 nitrogen and oxygen atoms in total. The van der Waals surface area contributed by atoms with Crippen molar-refractivity contribution in [2.45, 2.75) is 37.6 Å². The predicted octanol–water partition coefficient (Wildman–Crippen LogP) is 2.42. The highest BCUT2D eigenvalue weighted by atomic mass is 19.3. The standard InChI is InChI=1S/C13H19F2N3O/c1-19-10-3-2-8-17-12(10)11(18-16)9-4-6-13(14,15)7-5-9/h2-3,8-9,11,18H,4-7,16H2,1H3. The average molecular weight is 271 g/mol. The normalized spacial score (nSPS) is 21.1. The highest BCUT2D eigenvalue weighted by molar-refractivity contribution is 5.30. The van der Waals surface area contributed by atoms with Gasteiger partial charge in [-0.05, 0) is 30.9 Å². The highest BCUT2D eigenvalue weighted by Crippen LogP contribution is 2.42. The minimum atomic E-state index is -2.54. The molecule has 1 atom stereocenters. The van der Waals surface area contributed by atoms with Crippen molar-refractivity contribution in [1.29, 1.82) is 0 Å². The molecule has 0 amide bonds. The number of ether oxygens (including phenoxy) is 1. The fourth-order valence-corrected chi connectivity index (χ4v) is 2.64. The number of methoxy groups -OCH3 is 1. The van der Waals surface area contributed by atoms with Gasteiger partial charge in [-0.25, -0.2) is 8.78 Å². The number of halogens is 2. The SMILES string of the molecule is COc1cccnc1C(NN)C1CCC(F)(F)CC1. The molecule has 1 aromatic heterocycles. The fourth-order valence-electron chi connectivity index (χ4n) is 2.64. The van der Waals surface area contributed by atoms with Gasteiger partial charge in [-0.2, -0.15) is 0 Å². The summed E-state index contributed by atoms with van der Waals surface area (Å²) in [6.45, 7) is 0. The van der Waals surface area contributed by atoms with Crippen molar-refractivity contribution in [3.8, 4) is 5.75 Å². The maximum absolute atomic E-state index is 13.2. The van der Waals surface area contributed by atoms with Crippen LogP contribution in [-0.4, -0.2) is 18.0 Å². The van der Waals surface area contributed by atoms with Crippen molar-refractivity contribution in [1.82, 2.24) is 10.4 Å². The molecule has 1 aliphatic carbocycles. The Bertz CT molecular complexity index is 418. The van der Waals surface area contributed by atoms with E-state index in [9.17, 15) is 8.78 Å². The molecule has 2 rings (SSSR count). The lowest BCUT2D eigenvalue weighted by Gasteiger charge is -2.33. The monoisotopic (exact) mass is 271 g/mol. The van der Waals surface area contributed by atoms with Crippen LogP contribution in [0, 0.1) is 5.92 Å². The molecule has 0 bridgehead atoms. The van der Waals surface area contributed by atoms with Crippen LogP contribution in [0.4, 0.5) is 8.78 Å². The minimum absolute atomic E-state index is 0.0495. The number of nitrogens with one attached hydrogen (secondary N) is 1. The molecule has 0 aliphatic heterocycles. The van der Waals surface area contributed by atoms with Crippen LogP contribution in [0.5, 0.6) is 5.75 Å². The van der Waals surface area contributed by atoms with E-state index < -0.39 is 5.92 Å². The van der Waals surface area contributed by atoms with E-state index in [1.165, 1.54) is 0 Å². The summed E-state index contributed by atoms with van der Waals surface area (Å²) in [6, 6.07) is 3.31. The molecule has 3 N–H and O–H groups in total. The lowest BCUT2D eigenvalue weighted by molar-refractivity contribution is -0.0500. The van der Waals surface area contributed by atoms with Gasteiger partial charge in [0.1, 0.15) is 11.4 Å². The van der Waals surface area contributed by atoms with Crippen LogP contribution in [0.3, 0.4) is 0 Å². The molecule has 0 saturated heterocycles. The van der Waals surface area contributed by atoms with E-state index in [2.05, 4.69) is 10.4 Å². The van der Waals surface area contributed by atoms with E-state index >= 15 is 0 Å². The van der Waals surface area contributed by atoms with Gasteiger partial charge in [0.15, 0.2) is 0 Å². The summed E-state index contributed by atoms with van der Waals surface area (Å²) >= 11 is 0. The largest absolute Gasteiger partial charge is 0.495 e. The third-order valence-electron chi connectivity index (χ3n) is 3.73. The van der Waals surface area contributed by atoms with Crippen molar-refractivity contribution in [3.63, 3.8) is 0 Å². The van der Waals surface area contributed by atoms with E-state index in [0.29, 0.717) is 24.3 Å². The van der Waals surface area contributed by atoms with Crippen LogP contribution >= 0.6 is 0 Å². The number of nitrogens with two attached hydrogens (primary N) is 1. The first-order valence-electron chi connectivity index (χ1n) is 6.40. The summed E-state index contributed by atoms with van der Waals surface area (Å²) in [5, 5.41) is 0. The van der Waals surface area contributed by atoms with Gasteiger partial charge in [-0.3, -0.25) is 16.3 Å². The molecule has 0 radical (unpaired) electrons. The predicted molar refractivity (Wildman–Crippen MR) is 67.8 cm³/mol. The first kappa shape index (κ1) is 14.1. The number of pyridine rings is 1. The van der Waals surface area contributed by atoms with Gasteiger partial charge in [0, 0.05) is 19.0 Å². The number of aromatic nitrogens is 1. The van der Waals surface area contributed by atoms with E-state index in [1.807, 2.05) is 0 Å². The summed E-state index contributed by atoms with van der Waals surface area (Å²) in [5.74, 6) is 3.73. The average Bonchev–Trinajstić information content (AvgIpc) is 2.42. The second-order valence-electron chi connectivity index (χ2n) is 4.93. The topological polar surface area (TPSA) is 60.2 Å². The van der Waals surface area contributed by atoms with Crippen molar-refractivity contribution in [3.05, 3.63) is 24.0 Å². The Labute approximate surface area is 111 Å². The molecule has 1 unspecified atom stereocenters. The Morgan fingerprint density at radius 3 is 2.74 bits per heavy atom. The van der Waals surface area contributed by atoms with Crippen molar-refractivity contribution in [2.75, 3.05) is 7.11 Å². The Kier molecular flexibility index (Phi) is 4.31. The number of hydrogen-bond acceptors (Lipinski definition) is 4. The molecule has 0 aromatic carbocycles. The van der Waals surface area contributed by atoms with Gasteiger partial charge in [-0.1, -0.05) is 0 Å². The van der Waals surface area contributed by atoms with Crippen molar-refractivity contribution < 1.29 is 13.5 Å². The van der Waals surface area contributed by atoms with Gasteiger partial charge in [0.2, 0.25) is 5.92 Å². The van der Waals surface area contributed by atoms with Crippen LogP contribution in [0.25, 0.3) is 0 Å². The molecule has 1 heterocycles. The Morgan fingerprint density at radius 2 is 2.16 bits per heavy atom. The number of hydrogen-bond donors (Lipinski definition) is 2. The molecule has 0 spiro atoms. The third kappa shape index (κ3) is 3.19. The van der Waals surface area contributed by atoms with Crippen LogP contribution in [0.2, 0.25) is 0 Å². The van der Waals surface area contributed by atoms with Gasteiger partial charge in [0.05, 0.1) is 13.2 Å². The molecule has 1 aromatic rings. The molecular weight excluding hydrogens is 252 g/mol. The second kappa shape index (κ2) is 5.79. The highest BCUT2D eigenvalue weighted by Gasteiger charge is 2.38. The number of nitrogens with zero attached hydrogens (tertiary/aromatic N) is 1. The van der Waals surface area contributed by atoms with E-state index in [1.54, 1.807) is 25.4 Å². The molecule has 19 heavy (non-hydrogen) atoms. The summed E-state index contributed by atoms with van der Waals surface area (Å²) in [5.41, 5.74) is 3.39. The molecule has 6 heteroatoms. The van der Waals surface area contributed by atoms with E-state index in [-0.39, 0.29) is 24.8 Å². The van der Waals surface area contributed by atoms with Crippen LogP contribution in [-0.2, 0) is 0 Å². The maximum Gasteiger partial charge on any atom is 0.248 e. The Balaban J connectivity index is 2.16. The van der Waals surface area contributed by atoms with Crippen LogP contribution in [0.1, 0.15) is 37.4 Å². The summed E-state index contributed by atoms with van der Waals surface area (Å²) in [7, 11) is 1.56. The number of rotatable bonds is 4. The van der Waals surface area contributed by atoms with Gasteiger partial charge in [-0.15, -0.1) is 0 Å². The quantitative estimate of drug-likeness (QED) is 0.652. The maximum atomic E-state index is 13.2. The van der Waals surface area contributed by atoms with Gasteiger partial charge >= 0.3 is 0 Å². The zero-order valence-electron chi connectivity index (χ0n) is 10.9. The van der Waals surface area contributed by atoms with Crippen molar-refractivity contribution in [2.24, 2.45) is 11.8 Å². The zero-order valence-corrected chi connectivity index (χ0v) is 10.9. The van der Waals surface area contributed by atoms with Crippen LogP contribution in [0.15, 0.2) is 18.3 Å². The third-order valence-corrected chi connectivity index (χ3v) is 3.73. The molecule has 1 saturated carbocycles. The van der Waals surface area contributed by atoms with E-state index in [0.717, 1.165) is 0 Å². The first-order valence-corrected chi connectivity index (χ1v) is 6.40. The Morgan fingerprint density at radius 1 is 1.47 bits per heavy atom. The zero-order chi connectivity index (χ0) is 13.9. The molecule has 1 fully saturated rings. The lowest BCUT2D eigenvalue weighted by atomic mass is 9.81. The van der Waals surface area contributed by atoms with E-state index in [4.69, 9.17) is 10.6 Å². The molecule has 106 valence electrons. The summed E-state index contributed by atoms with van der Waals surface area (Å²) in [4.78, 5) is 4.28. The molecule has 1 aliphatic rings. The lowest BCUT2D eigenvalue weighted by Crippen LogP contribution is -2.38. The second-order valence-corrected chi connectivity index (χ2v) is 4.93. The minimum Gasteiger partial charge on any atom is -0.495 e. The number of alkyl halides is 2. The van der Waals surface area contributed by atoms with Crippen LogP contribution < -0.4 is 16.0 Å². The van der Waals surface area contributed by atoms with Gasteiger partial charge < -0.3 is 4.74 Å². The first-order chi connectivity index (χ1) is 9.07. The summed E-state index contributed by atoms with van der Waals surface area (Å²) in [6.07, 6.45) is 2.33. The smallest absolute Gasteiger partial charge is 0.248 e. The fraction of sp³-hybridized carbons (Fsp3) is 0.615. The Hall–Kier alpha value is -1.27. The van der Waals surface area contributed by atoms with Crippen molar-refractivity contribution >= 4 is 0 Å². The summed E-state index contributed by atoms with van der Waals surface area (Å²) < 4.78 is 31.7. The molecular formula is C13H19F2N3O. The number of hydrazine groups is 1. The van der Waals surface area contributed by atoms with Gasteiger partial charge in [0.25, 0.3) is 0 Å².